The normalized spacial score (nSPS) is 10.9. The van der Waals surface area contributed by atoms with Crippen molar-refractivity contribution >= 4 is 26.8 Å². The number of hydrogen-bond acceptors (Lipinski definition) is 0. The summed E-state index contributed by atoms with van der Waals surface area (Å²) in [6, 6.07) is 6.27. The Bertz CT molecular complexity index is 429. The summed E-state index contributed by atoms with van der Waals surface area (Å²) in [4.78, 5) is 0. The lowest BCUT2D eigenvalue weighted by molar-refractivity contribution is 0.964. The molecule has 1 heterocycles. The van der Waals surface area contributed by atoms with Crippen molar-refractivity contribution in [2.45, 2.75) is 6.92 Å². The Morgan fingerprint density at radius 3 is 2.75 bits per heavy atom. The van der Waals surface area contributed by atoms with Gasteiger partial charge in [0.2, 0.25) is 0 Å². The van der Waals surface area contributed by atoms with Crippen LogP contribution in [0.4, 0.5) is 0 Å². The molecular formula is C10H10BrN. The van der Waals surface area contributed by atoms with Gasteiger partial charge in [-0.2, -0.15) is 0 Å². The molecule has 0 aliphatic carbocycles. The molecule has 0 amide bonds. The van der Waals surface area contributed by atoms with Crippen molar-refractivity contribution in [3.63, 3.8) is 0 Å². The molecule has 2 heteroatoms. The van der Waals surface area contributed by atoms with Gasteiger partial charge in [0.15, 0.2) is 0 Å². The van der Waals surface area contributed by atoms with Crippen LogP contribution in [0.5, 0.6) is 0 Å². The molecule has 62 valence electrons. The van der Waals surface area contributed by atoms with E-state index in [0.29, 0.717) is 0 Å². The third kappa shape index (κ3) is 0.985. The maximum Gasteiger partial charge on any atom is 0.0491 e. The lowest BCUT2D eigenvalue weighted by atomic mass is 10.2. The van der Waals surface area contributed by atoms with Gasteiger partial charge in [-0.15, -0.1) is 0 Å². The highest BCUT2D eigenvalue weighted by Gasteiger charge is 2.04. The molecule has 0 saturated carbocycles. The highest BCUT2D eigenvalue weighted by Crippen LogP contribution is 2.27. The van der Waals surface area contributed by atoms with Crippen LogP contribution in [0.3, 0.4) is 0 Å². The standard InChI is InChI=1S/C10H10BrN/c1-7-6-12(2)9-5-3-4-8(11)10(7)9/h3-6H,1-2H3. The van der Waals surface area contributed by atoms with E-state index in [1.165, 1.54) is 20.9 Å². The van der Waals surface area contributed by atoms with Crippen LogP contribution in [0.25, 0.3) is 10.9 Å². The topological polar surface area (TPSA) is 4.93 Å². The first-order valence-corrected chi connectivity index (χ1v) is 4.69. The molecule has 0 radical (unpaired) electrons. The summed E-state index contributed by atoms with van der Waals surface area (Å²) in [5.41, 5.74) is 2.60. The van der Waals surface area contributed by atoms with Gasteiger partial charge in [0.05, 0.1) is 0 Å². The molecule has 0 saturated heterocycles. The zero-order chi connectivity index (χ0) is 8.72. The second-order valence-corrected chi connectivity index (χ2v) is 3.91. The molecule has 12 heavy (non-hydrogen) atoms. The maximum absolute atomic E-state index is 3.55. The summed E-state index contributed by atoms with van der Waals surface area (Å²) < 4.78 is 3.33. The lowest BCUT2D eigenvalue weighted by Gasteiger charge is -1.96. The molecule has 0 atom stereocenters. The van der Waals surface area contributed by atoms with E-state index in [1.807, 2.05) is 0 Å². The number of aromatic nitrogens is 1. The van der Waals surface area contributed by atoms with Gasteiger partial charge in [-0.25, -0.2) is 0 Å². The van der Waals surface area contributed by atoms with Crippen LogP contribution in [-0.4, -0.2) is 4.57 Å². The Kier molecular flexibility index (Phi) is 1.72. The summed E-state index contributed by atoms with van der Waals surface area (Å²) in [5, 5.41) is 1.32. The van der Waals surface area contributed by atoms with Gasteiger partial charge in [0.25, 0.3) is 0 Å². The van der Waals surface area contributed by atoms with Crippen molar-refractivity contribution in [1.82, 2.24) is 4.57 Å². The van der Waals surface area contributed by atoms with Crippen LogP contribution >= 0.6 is 15.9 Å². The number of fused-ring (bicyclic) bond motifs is 1. The van der Waals surface area contributed by atoms with Crippen molar-refractivity contribution in [2.75, 3.05) is 0 Å². The number of benzene rings is 1. The van der Waals surface area contributed by atoms with Gasteiger partial charge in [-0.1, -0.05) is 22.0 Å². The molecule has 1 aromatic heterocycles. The van der Waals surface area contributed by atoms with E-state index < -0.39 is 0 Å². The molecule has 1 nitrogen and oxygen atoms in total. The number of nitrogens with zero attached hydrogens (tertiary/aromatic N) is 1. The van der Waals surface area contributed by atoms with E-state index in [9.17, 15) is 0 Å². The van der Waals surface area contributed by atoms with Crippen LogP contribution in [0.2, 0.25) is 0 Å². The zero-order valence-electron chi connectivity index (χ0n) is 7.13. The Morgan fingerprint density at radius 2 is 2.08 bits per heavy atom. The molecule has 0 aliphatic rings. The third-order valence-corrected chi connectivity index (χ3v) is 2.81. The predicted octanol–water partition coefficient (Wildman–Crippen LogP) is 3.25. The van der Waals surface area contributed by atoms with Gasteiger partial charge in [0, 0.05) is 28.6 Å². The molecule has 2 rings (SSSR count). The molecule has 0 aliphatic heterocycles. The molecular weight excluding hydrogens is 214 g/mol. The van der Waals surface area contributed by atoms with Crippen LogP contribution in [0.15, 0.2) is 28.9 Å². The van der Waals surface area contributed by atoms with Gasteiger partial charge >= 0.3 is 0 Å². The van der Waals surface area contributed by atoms with Crippen LogP contribution in [-0.2, 0) is 7.05 Å². The van der Waals surface area contributed by atoms with Gasteiger partial charge in [-0.3, -0.25) is 0 Å². The van der Waals surface area contributed by atoms with E-state index in [0.717, 1.165) is 0 Å². The molecule has 0 spiro atoms. The molecule has 1 aromatic carbocycles. The fourth-order valence-corrected chi connectivity index (χ4v) is 2.29. The first-order valence-electron chi connectivity index (χ1n) is 3.90. The molecule has 0 fully saturated rings. The number of aryl methyl sites for hydroxylation is 2. The first-order chi connectivity index (χ1) is 5.70. The average molecular weight is 224 g/mol. The molecule has 0 N–H and O–H groups in total. The highest BCUT2D eigenvalue weighted by atomic mass is 79.9. The predicted molar refractivity (Wildman–Crippen MR) is 55.4 cm³/mol. The van der Waals surface area contributed by atoms with Crippen LogP contribution in [0.1, 0.15) is 5.56 Å². The molecule has 2 aromatic rings. The van der Waals surface area contributed by atoms with E-state index in [-0.39, 0.29) is 0 Å². The Hall–Kier alpha value is -0.760. The minimum atomic E-state index is 1.18. The summed E-state index contributed by atoms with van der Waals surface area (Å²) in [7, 11) is 2.07. The first kappa shape index (κ1) is 7.87. The molecule has 0 bridgehead atoms. The number of hydrogen-bond donors (Lipinski definition) is 0. The summed E-state index contributed by atoms with van der Waals surface area (Å²) in [6.07, 6.45) is 2.15. The fraction of sp³-hybridized carbons (Fsp3) is 0.200. The van der Waals surface area contributed by atoms with Gasteiger partial charge in [0.1, 0.15) is 0 Å². The van der Waals surface area contributed by atoms with E-state index >= 15 is 0 Å². The maximum atomic E-state index is 3.55. The van der Waals surface area contributed by atoms with Crippen molar-refractivity contribution in [1.29, 1.82) is 0 Å². The SMILES string of the molecule is Cc1cn(C)c2cccc(Br)c12. The van der Waals surface area contributed by atoms with E-state index in [2.05, 4.69) is 58.9 Å². The van der Waals surface area contributed by atoms with Gasteiger partial charge < -0.3 is 4.57 Å². The van der Waals surface area contributed by atoms with Crippen molar-refractivity contribution in [3.8, 4) is 0 Å². The van der Waals surface area contributed by atoms with E-state index in [4.69, 9.17) is 0 Å². The smallest absolute Gasteiger partial charge is 0.0491 e. The summed E-state index contributed by atoms with van der Waals surface area (Å²) in [5.74, 6) is 0. The fourth-order valence-electron chi connectivity index (χ4n) is 1.62. The number of halogens is 1. The zero-order valence-corrected chi connectivity index (χ0v) is 8.72. The summed E-state index contributed by atoms with van der Waals surface area (Å²) >= 11 is 3.55. The number of rotatable bonds is 0. The molecule has 0 unspecified atom stereocenters. The van der Waals surface area contributed by atoms with Crippen LogP contribution < -0.4 is 0 Å². The van der Waals surface area contributed by atoms with Crippen molar-refractivity contribution < 1.29 is 0 Å². The minimum absolute atomic E-state index is 1.18. The van der Waals surface area contributed by atoms with Crippen molar-refractivity contribution in [3.05, 3.63) is 34.4 Å². The minimum Gasteiger partial charge on any atom is -0.350 e. The van der Waals surface area contributed by atoms with Crippen molar-refractivity contribution in [2.24, 2.45) is 7.05 Å². The Morgan fingerprint density at radius 1 is 1.33 bits per heavy atom. The summed E-state index contributed by atoms with van der Waals surface area (Å²) in [6.45, 7) is 2.13. The Balaban J connectivity index is 2.99. The van der Waals surface area contributed by atoms with Gasteiger partial charge in [-0.05, 0) is 24.6 Å². The largest absolute Gasteiger partial charge is 0.350 e. The lowest BCUT2D eigenvalue weighted by Crippen LogP contribution is -1.82. The second kappa shape index (κ2) is 2.63. The second-order valence-electron chi connectivity index (χ2n) is 3.06. The van der Waals surface area contributed by atoms with Crippen LogP contribution in [0, 0.1) is 6.92 Å². The quantitative estimate of drug-likeness (QED) is 0.647. The van der Waals surface area contributed by atoms with E-state index in [1.54, 1.807) is 0 Å². The Labute approximate surface area is 80.1 Å². The third-order valence-electron chi connectivity index (χ3n) is 2.15. The average Bonchev–Trinajstić information content (AvgIpc) is 2.29. The highest BCUT2D eigenvalue weighted by molar-refractivity contribution is 9.10. The monoisotopic (exact) mass is 223 g/mol.